The van der Waals surface area contributed by atoms with E-state index in [9.17, 15) is 4.39 Å². The largest absolute Gasteiger partial charge is 0.392 e. The summed E-state index contributed by atoms with van der Waals surface area (Å²) in [5.74, 6) is -0.353. The fourth-order valence-electron chi connectivity index (χ4n) is 1.29. The number of fused-ring (bicyclic) bond motifs is 1. The molecule has 0 aliphatic rings. The first-order chi connectivity index (χ1) is 6.24. The fraction of sp³-hybridized carbons (Fsp3) is 0.111. The number of aliphatic hydroxyl groups is 1. The van der Waals surface area contributed by atoms with E-state index in [1.807, 2.05) is 5.38 Å². The molecule has 1 aromatic carbocycles. The SMILES string of the molecule is OCc1c(F)ccc2scc(Br)c12. The Morgan fingerprint density at radius 1 is 1.46 bits per heavy atom. The number of aliphatic hydroxyl groups excluding tert-OH is 1. The summed E-state index contributed by atoms with van der Waals surface area (Å²) in [4.78, 5) is 0. The van der Waals surface area contributed by atoms with Crippen LogP contribution in [-0.4, -0.2) is 5.11 Å². The van der Waals surface area contributed by atoms with E-state index in [4.69, 9.17) is 5.11 Å². The Hall–Kier alpha value is -0.450. The van der Waals surface area contributed by atoms with Crippen LogP contribution in [-0.2, 0) is 6.61 Å². The Bertz CT molecular complexity index is 452. The normalized spacial score (nSPS) is 11.0. The van der Waals surface area contributed by atoms with E-state index in [-0.39, 0.29) is 12.4 Å². The molecule has 1 heterocycles. The highest BCUT2D eigenvalue weighted by molar-refractivity contribution is 9.10. The summed E-state index contributed by atoms with van der Waals surface area (Å²) >= 11 is 4.85. The fourth-order valence-corrected chi connectivity index (χ4v) is 3.00. The number of rotatable bonds is 1. The average molecular weight is 261 g/mol. The van der Waals surface area contributed by atoms with Crippen molar-refractivity contribution in [1.29, 1.82) is 0 Å². The van der Waals surface area contributed by atoms with Crippen molar-refractivity contribution in [2.24, 2.45) is 0 Å². The topological polar surface area (TPSA) is 20.2 Å². The maximum atomic E-state index is 13.2. The van der Waals surface area contributed by atoms with Crippen molar-refractivity contribution < 1.29 is 9.50 Å². The van der Waals surface area contributed by atoms with Gasteiger partial charge in [0.05, 0.1) is 6.61 Å². The molecule has 0 amide bonds. The van der Waals surface area contributed by atoms with E-state index in [0.29, 0.717) is 5.56 Å². The van der Waals surface area contributed by atoms with Crippen molar-refractivity contribution >= 4 is 37.4 Å². The standard InChI is InChI=1S/C9H6BrFOS/c10-6-4-13-8-2-1-7(11)5(3-12)9(6)8/h1-2,4,12H,3H2. The Morgan fingerprint density at radius 2 is 2.23 bits per heavy atom. The summed E-state index contributed by atoms with van der Waals surface area (Å²) in [6.07, 6.45) is 0. The molecule has 0 saturated heterocycles. The first-order valence-corrected chi connectivity index (χ1v) is 5.36. The minimum absolute atomic E-state index is 0.265. The van der Waals surface area contributed by atoms with Crippen LogP contribution in [0.3, 0.4) is 0 Å². The van der Waals surface area contributed by atoms with Crippen molar-refractivity contribution in [1.82, 2.24) is 0 Å². The predicted molar refractivity (Wildman–Crippen MR) is 55.4 cm³/mol. The monoisotopic (exact) mass is 260 g/mol. The minimum Gasteiger partial charge on any atom is -0.392 e. The lowest BCUT2D eigenvalue weighted by molar-refractivity contribution is 0.277. The second kappa shape index (κ2) is 3.36. The molecule has 13 heavy (non-hydrogen) atoms. The van der Waals surface area contributed by atoms with E-state index < -0.39 is 0 Å². The molecule has 0 atom stereocenters. The molecule has 68 valence electrons. The van der Waals surface area contributed by atoms with E-state index in [2.05, 4.69) is 15.9 Å². The number of halogens is 2. The van der Waals surface area contributed by atoms with Gasteiger partial charge in [0.1, 0.15) is 5.82 Å². The minimum atomic E-state index is -0.353. The molecule has 1 nitrogen and oxygen atoms in total. The summed E-state index contributed by atoms with van der Waals surface area (Å²) in [5.41, 5.74) is 0.366. The summed E-state index contributed by atoms with van der Waals surface area (Å²) in [5, 5.41) is 11.7. The van der Waals surface area contributed by atoms with Crippen LogP contribution in [0, 0.1) is 5.82 Å². The molecule has 0 radical (unpaired) electrons. The molecule has 4 heteroatoms. The number of hydrogen-bond donors (Lipinski definition) is 1. The molecule has 0 aliphatic heterocycles. The third-order valence-electron chi connectivity index (χ3n) is 1.90. The van der Waals surface area contributed by atoms with Gasteiger partial charge in [-0.3, -0.25) is 0 Å². The van der Waals surface area contributed by atoms with Gasteiger partial charge in [-0.05, 0) is 28.1 Å². The molecule has 0 saturated carbocycles. The Kier molecular flexibility index (Phi) is 2.36. The molecule has 0 fully saturated rings. The van der Waals surface area contributed by atoms with Gasteiger partial charge in [0.15, 0.2) is 0 Å². The average Bonchev–Trinajstić information content (AvgIpc) is 2.49. The van der Waals surface area contributed by atoms with Gasteiger partial charge in [0.25, 0.3) is 0 Å². The Balaban J connectivity index is 2.88. The van der Waals surface area contributed by atoms with E-state index in [1.165, 1.54) is 17.4 Å². The first-order valence-electron chi connectivity index (χ1n) is 3.69. The molecule has 2 rings (SSSR count). The zero-order valence-corrected chi connectivity index (χ0v) is 8.95. The van der Waals surface area contributed by atoms with Gasteiger partial charge < -0.3 is 5.11 Å². The molecule has 1 aromatic heterocycles. The lowest BCUT2D eigenvalue weighted by atomic mass is 10.1. The second-order valence-electron chi connectivity index (χ2n) is 2.64. The van der Waals surface area contributed by atoms with Crippen LogP contribution in [0.1, 0.15) is 5.56 Å². The van der Waals surface area contributed by atoms with Crippen molar-refractivity contribution in [2.75, 3.05) is 0 Å². The van der Waals surface area contributed by atoms with Gasteiger partial charge in [-0.2, -0.15) is 0 Å². The van der Waals surface area contributed by atoms with Gasteiger partial charge in [-0.1, -0.05) is 0 Å². The number of thiophene rings is 1. The highest BCUT2D eigenvalue weighted by Gasteiger charge is 2.10. The van der Waals surface area contributed by atoms with Crippen molar-refractivity contribution in [3.8, 4) is 0 Å². The third-order valence-corrected chi connectivity index (χ3v) is 3.78. The quantitative estimate of drug-likeness (QED) is 0.835. The van der Waals surface area contributed by atoms with Crippen LogP contribution < -0.4 is 0 Å². The highest BCUT2D eigenvalue weighted by Crippen LogP contribution is 2.34. The van der Waals surface area contributed by atoms with Gasteiger partial charge in [-0.15, -0.1) is 11.3 Å². The first kappa shape index (κ1) is 9.12. The van der Waals surface area contributed by atoms with Crippen LogP contribution in [0.4, 0.5) is 4.39 Å². The molecular weight excluding hydrogens is 255 g/mol. The van der Waals surface area contributed by atoms with Crippen molar-refractivity contribution in [3.05, 3.63) is 33.4 Å². The Labute approximate surface area is 86.9 Å². The summed E-state index contributed by atoms with van der Waals surface area (Å²) < 4.78 is 15.0. The maximum absolute atomic E-state index is 13.2. The Morgan fingerprint density at radius 3 is 2.92 bits per heavy atom. The number of benzene rings is 1. The van der Waals surface area contributed by atoms with Crippen LogP contribution in [0.15, 0.2) is 22.0 Å². The van der Waals surface area contributed by atoms with Crippen LogP contribution in [0.2, 0.25) is 0 Å². The van der Waals surface area contributed by atoms with Gasteiger partial charge in [-0.25, -0.2) is 4.39 Å². The molecule has 0 spiro atoms. The highest BCUT2D eigenvalue weighted by atomic mass is 79.9. The van der Waals surface area contributed by atoms with Crippen LogP contribution in [0.25, 0.3) is 10.1 Å². The van der Waals surface area contributed by atoms with E-state index in [1.54, 1.807) is 6.07 Å². The molecular formula is C9H6BrFOS. The smallest absolute Gasteiger partial charge is 0.129 e. The summed E-state index contributed by atoms with van der Waals surface area (Å²) in [6, 6.07) is 3.11. The van der Waals surface area contributed by atoms with Gasteiger partial charge in [0.2, 0.25) is 0 Å². The van der Waals surface area contributed by atoms with Gasteiger partial charge >= 0.3 is 0 Å². The number of hydrogen-bond acceptors (Lipinski definition) is 2. The van der Waals surface area contributed by atoms with Gasteiger partial charge in [0, 0.05) is 25.5 Å². The van der Waals surface area contributed by atoms with Crippen molar-refractivity contribution in [3.63, 3.8) is 0 Å². The van der Waals surface area contributed by atoms with E-state index in [0.717, 1.165) is 14.6 Å². The lowest BCUT2D eigenvalue weighted by Gasteiger charge is -2.01. The maximum Gasteiger partial charge on any atom is 0.129 e. The lowest BCUT2D eigenvalue weighted by Crippen LogP contribution is -1.89. The zero-order chi connectivity index (χ0) is 9.42. The van der Waals surface area contributed by atoms with E-state index >= 15 is 0 Å². The summed E-state index contributed by atoms with van der Waals surface area (Å²) in [7, 11) is 0. The molecule has 1 N–H and O–H groups in total. The molecule has 0 unspecified atom stereocenters. The summed E-state index contributed by atoms with van der Waals surface area (Å²) in [6.45, 7) is -0.265. The van der Waals surface area contributed by atoms with Crippen LogP contribution >= 0.6 is 27.3 Å². The zero-order valence-electron chi connectivity index (χ0n) is 6.55. The third kappa shape index (κ3) is 1.39. The predicted octanol–water partition coefficient (Wildman–Crippen LogP) is 3.30. The molecule has 0 aliphatic carbocycles. The van der Waals surface area contributed by atoms with Crippen LogP contribution in [0.5, 0.6) is 0 Å². The second-order valence-corrected chi connectivity index (χ2v) is 4.41. The van der Waals surface area contributed by atoms with Crippen molar-refractivity contribution in [2.45, 2.75) is 6.61 Å². The molecule has 2 aromatic rings. The molecule has 0 bridgehead atoms.